The van der Waals surface area contributed by atoms with Crippen molar-refractivity contribution in [3.05, 3.63) is 88.6 Å². The predicted octanol–water partition coefficient (Wildman–Crippen LogP) is 6.75. The standard InChI is InChI=1S/C25H19ClF3N3O2/c1-30-13-16-3-2-4-17(11-16)22-23(31-32-24(22)25(27,28)29)20-12-19(9-10-21(20)33)34-14-15-5-7-18(26)8-6-15/h2-13,33H,14H2,1H3,(H,31,32). The number of halogens is 4. The number of nitrogens with zero attached hydrogens (tertiary/aromatic N) is 2. The molecule has 0 fully saturated rings. The number of benzene rings is 3. The van der Waals surface area contributed by atoms with E-state index in [1.54, 1.807) is 61.8 Å². The number of hydrogen-bond acceptors (Lipinski definition) is 4. The molecule has 4 aromatic rings. The number of alkyl halides is 3. The monoisotopic (exact) mass is 485 g/mol. The van der Waals surface area contributed by atoms with Crippen molar-refractivity contribution in [2.75, 3.05) is 7.05 Å². The van der Waals surface area contributed by atoms with Gasteiger partial charge in [0.15, 0.2) is 0 Å². The minimum atomic E-state index is -4.69. The van der Waals surface area contributed by atoms with Crippen molar-refractivity contribution < 1.29 is 23.0 Å². The molecule has 34 heavy (non-hydrogen) atoms. The summed E-state index contributed by atoms with van der Waals surface area (Å²) >= 11 is 5.90. The van der Waals surface area contributed by atoms with Crippen LogP contribution in [0.3, 0.4) is 0 Å². The highest BCUT2D eigenvalue weighted by Gasteiger charge is 2.38. The lowest BCUT2D eigenvalue weighted by Gasteiger charge is -2.12. The Morgan fingerprint density at radius 1 is 1.09 bits per heavy atom. The van der Waals surface area contributed by atoms with Crippen LogP contribution in [0.1, 0.15) is 16.8 Å². The van der Waals surface area contributed by atoms with Crippen molar-refractivity contribution >= 4 is 17.8 Å². The number of hydrogen-bond donors (Lipinski definition) is 2. The summed E-state index contributed by atoms with van der Waals surface area (Å²) in [7, 11) is 1.57. The molecule has 174 valence electrons. The van der Waals surface area contributed by atoms with E-state index in [9.17, 15) is 18.3 Å². The average molecular weight is 486 g/mol. The van der Waals surface area contributed by atoms with Crippen molar-refractivity contribution in [1.82, 2.24) is 10.2 Å². The number of phenolic OH excluding ortho intramolecular Hbond substituents is 1. The molecule has 0 saturated carbocycles. The van der Waals surface area contributed by atoms with E-state index in [2.05, 4.69) is 15.2 Å². The van der Waals surface area contributed by atoms with Gasteiger partial charge < -0.3 is 9.84 Å². The van der Waals surface area contributed by atoms with Gasteiger partial charge in [-0.25, -0.2) is 0 Å². The molecular formula is C25H19ClF3N3O2. The van der Waals surface area contributed by atoms with Gasteiger partial charge in [-0.3, -0.25) is 10.1 Å². The maximum absolute atomic E-state index is 13.8. The Kier molecular flexibility index (Phi) is 6.61. The number of phenols is 1. The first kappa shape index (κ1) is 23.4. The predicted molar refractivity (Wildman–Crippen MR) is 125 cm³/mol. The fraction of sp³-hybridized carbons (Fsp3) is 0.120. The number of aromatic amines is 1. The maximum atomic E-state index is 13.8. The molecular weight excluding hydrogens is 467 g/mol. The molecule has 3 aromatic carbocycles. The van der Waals surface area contributed by atoms with E-state index in [1.807, 2.05) is 0 Å². The fourth-order valence-electron chi connectivity index (χ4n) is 3.49. The summed E-state index contributed by atoms with van der Waals surface area (Å²) in [4.78, 5) is 3.92. The average Bonchev–Trinajstić information content (AvgIpc) is 3.26. The second kappa shape index (κ2) is 9.61. The van der Waals surface area contributed by atoms with Crippen LogP contribution in [-0.2, 0) is 12.8 Å². The molecule has 0 bridgehead atoms. The van der Waals surface area contributed by atoms with Gasteiger partial charge in [0, 0.05) is 29.4 Å². The SMILES string of the molecule is CN=Cc1cccc(-c2c(-c3cc(OCc4ccc(Cl)cc4)ccc3O)n[nH]c2C(F)(F)F)c1. The van der Waals surface area contributed by atoms with Crippen molar-refractivity contribution in [3.63, 3.8) is 0 Å². The van der Waals surface area contributed by atoms with Gasteiger partial charge in [0.05, 0.1) is 0 Å². The largest absolute Gasteiger partial charge is 0.507 e. The molecule has 0 amide bonds. The summed E-state index contributed by atoms with van der Waals surface area (Å²) < 4.78 is 47.3. The van der Waals surface area contributed by atoms with Gasteiger partial charge >= 0.3 is 6.18 Å². The third-order valence-corrected chi connectivity index (χ3v) is 5.30. The van der Waals surface area contributed by atoms with Gasteiger partial charge in [-0.2, -0.15) is 18.3 Å². The van der Waals surface area contributed by atoms with E-state index < -0.39 is 11.9 Å². The van der Waals surface area contributed by atoms with E-state index in [0.29, 0.717) is 16.3 Å². The molecule has 0 aliphatic rings. The van der Waals surface area contributed by atoms with Crippen LogP contribution in [-0.4, -0.2) is 28.6 Å². The number of rotatable bonds is 6. The zero-order valence-electron chi connectivity index (χ0n) is 17.9. The maximum Gasteiger partial charge on any atom is 0.433 e. The second-order valence-corrected chi connectivity index (χ2v) is 7.86. The summed E-state index contributed by atoms with van der Waals surface area (Å²) in [6.07, 6.45) is -3.15. The van der Waals surface area contributed by atoms with Gasteiger partial charge in [0.1, 0.15) is 29.5 Å². The van der Waals surface area contributed by atoms with E-state index in [1.165, 1.54) is 18.2 Å². The van der Waals surface area contributed by atoms with Crippen LogP contribution >= 0.6 is 11.6 Å². The van der Waals surface area contributed by atoms with Crippen LogP contribution in [0.5, 0.6) is 11.5 Å². The topological polar surface area (TPSA) is 70.5 Å². The lowest BCUT2D eigenvalue weighted by atomic mass is 9.96. The third-order valence-electron chi connectivity index (χ3n) is 5.05. The minimum absolute atomic E-state index is 0.0487. The Hall–Kier alpha value is -3.78. The zero-order valence-corrected chi connectivity index (χ0v) is 18.7. The summed E-state index contributed by atoms with van der Waals surface area (Å²) in [5, 5.41) is 17.1. The van der Waals surface area contributed by atoms with Gasteiger partial charge in [-0.15, -0.1) is 0 Å². The Morgan fingerprint density at radius 3 is 2.56 bits per heavy atom. The number of aliphatic imine (C=N–C) groups is 1. The molecule has 1 aromatic heterocycles. The summed E-state index contributed by atoms with van der Waals surface area (Å²) in [6, 6.07) is 17.9. The highest BCUT2D eigenvalue weighted by molar-refractivity contribution is 6.30. The highest BCUT2D eigenvalue weighted by Crippen LogP contribution is 2.44. The Bertz CT molecular complexity index is 1330. The first-order valence-corrected chi connectivity index (χ1v) is 10.5. The highest BCUT2D eigenvalue weighted by atomic mass is 35.5. The van der Waals surface area contributed by atoms with Crippen LogP contribution in [0.15, 0.2) is 71.7 Å². The molecule has 1 heterocycles. The molecule has 0 aliphatic carbocycles. The van der Waals surface area contributed by atoms with Crippen LogP contribution in [0.25, 0.3) is 22.4 Å². The fourth-order valence-corrected chi connectivity index (χ4v) is 3.61. The van der Waals surface area contributed by atoms with E-state index in [4.69, 9.17) is 16.3 Å². The normalized spacial score (nSPS) is 11.8. The lowest BCUT2D eigenvalue weighted by Crippen LogP contribution is -2.07. The molecule has 0 unspecified atom stereocenters. The van der Waals surface area contributed by atoms with Gasteiger partial charge in [0.25, 0.3) is 0 Å². The Labute approximate surface area is 198 Å². The quantitative estimate of drug-likeness (QED) is 0.297. The summed E-state index contributed by atoms with van der Waals surface area (Å²) in [5.41, 5.74) is 0.624. The number of H-pyrrole nitrogens is 1. The number of aromatic nitrogens is 2. The zero-order chi connectivity index (χ0) is 24.3. The number of aromatic hydroxyl groups is 1. The van der Waals surface area contributed by atoms with Crippen LogP contribution in [0.2, 0.25) is 5.02 Å². The Morgan fingerprint density at radius 2 is 1.85 bits per heavy atom. The van der Waals surface area contributed by atoms with Crippen molar-refractivity contribution in [2.45, 2.75) is 12.8 Å². The lowest BCUT2D eigenvalue weighted by molar-refractivity contribution is -0.140. The van der Waals surface area contributed by atoms with Gasteiger partial charge in [-0.1, -0.05) is 41.9 Å². The van der Waals surface area contributed by atoms with E-state index in [0.717, 1.165) is 5.56 Å². The van der Waals surface area contributed by atoms with Crippen molar-refractivity contribution in [3.8, 4) is 33.9 Å². The molecule has 9 heteroatoms. The first-order valence-electron chi connectivity index (χ1n) is 10.1. The molecule has 0 atom stereocenters. The van der Waals surface area contributed by atoms with Crippen LogP contribution in [0, 0.1) is 0 Å². The second-order valence-electron chi connectivity index (χ2n) is 7.43. The van der Waals surface area contributed by atoms with E-state index >= 15 is 0 Å². The molecule has 0 saturated heterocycles. The minimum Gasteiger partial charge on any atom is -0.507 e. The third kappa shape index (κ3) is 5.07. The number of ether oxygens (including phenoxy) is 1. The van der Waals surface area contributed by atoms with E-state index in [-0.39, 0.29) is 34.7 Å². The van der Waals surface area contributed by atoms with Crippen molar-refractivity contribution in [1.29, 1.82) is 0 Å². The molecule has 0 spiro atoms. The number of nitrogens with one attached hydrogen (secondary N) is 1. The summed E-state index contributed by atoms with van der Waals surface area (Å²) in [5.74, 6) is 0.128. The molecule has 5 nitrogen and oxygen atoms in total. The van der Waals surface area contributed by atoms with Crippen molar-refractivity contribution in [2.24, 2.45) is 4.99 Å². The van der Waals surface area contributed by atoms with Crippen LogP contribution < -0.4 is 4.74 Å². The first-order chi connectivity index (χ1) is 16.3. The Balaban J connectivity index is 1.77. The molecule has 0 aliphatic heterocycles. The molecule has 0 radical (unpaired) electrons. The summed E-state index contributed by atoms with van der Waals surface area (Å²) in [6.45, 7) is 0.209. The van der Waals surface area contributed by atoms with Crippen LogP contribution in [0.4, 0.5) is 13.2 Å². The van der Waals surface area contributed by atoms with Gasteiger partial charge in [0.2, 0.25) is 0 Å². The van der Waals surface area contributed by atoms with Gasteiger partial charge in [-0.05, 0) is 53.1 Å². The smallest absolute Gasteiger partial charge is 0.433 e. The molecule has 2 N–H and O–H groups in total. The molecule has 4 rings (SSSR count).